The fourth-order valence-corrected chi connectivity index (χ4v) is 6.43. The lowest BCUT2D eigenvalue weighted by Gasteiger charge is -2.12. The number of carbonyl (C=O) groups excluding carboxylic acids is 2. The highest BCUT2D eigenvalue weighted by Gasteiger charge is 2.27. The second kappa shape index (κ2) is 11.8. The third-order valence-corrected chi connectivity index (χ3v) is 8.27. The quantitative estimate of drug-likeness (QED) is 0.225. The van der Waals surface area contributed by atoms with Crippen molar-refractivity contribution in [3.63, 3.8) is 0 Å². The highest BCUT2D eigenvalue weighted by molar-refractivity contribution is 7.99. The number of carbonyl (C=O) groups is 2. The zero-order chi connectivity index (χ0) is 26.5. The summed E-state index contributed by atoms with van der Waals surface area (Å²) < 4.78 is 12.5. The summed E-state index contributed by atoms with van der Waals surface area (Å²) in [6, 6.07) is 11.3. The number of rotatable bonds is 9. The molecule has 3 aromatic heterocycles. The largest absolute Gasteiger partial charge is 0.497 e. The number of esters is 1. The van der Waals surface area contributed by atoms with Crippen molar-refractivity contribution in [2.45, 2.75) is 37.8 Å². The molecule has 38 heavy (non-hydrogen) atoms. The molecule has 0 atom stereocenters. The summed E-state index contributed by atoms with van der Waals surface area (Å²) in [5.74, 6) is 0.855. The lowest BCUT2D eigenvalue weighted by atomic mass is 9.95. The number of amides is 1. The van der Waals surface area contributed by atoms with Gasteiger partial charge in [-0.3, -0.25) is 14.3 Å². The Hall–Kier alpha value is -3.70. The number of benzene rings is 1. The Morgan fingerprint density at radius 3 is 2.58 bits per heavy atom. The van der Waals surface area contributed by atoms with Gasteiger partial charge in [0.15, 0.2) is 11.0 Å². The maximum Gasteiger partial charge on any atom is 0.341 e. The minimum absolute atomic E-state index is 0.0927. The number of nitrogens with zero attached hydrogens (tertiary/aromatic N) is 4. The van der Waals surface area contributed by atoms with Gasteiger partial charge < -0.3 is 14.8 Å². The molecule has 5 rings (SSSR count). The number of aryl methyl sites for hydroxylation is 1. The molecule has 3 heterocycles. The van der Waals surface area contributed by atoms with Crippen molar-refractivity contribution in [1.29, 1.82) is 0 Å². The average molecular weight is 550 g/mol. The van der Waals surface area contributed by atoms with E-state index in [2.05, 4.69) is 20.5 Å². The molecule has 0 bridgehead atoms. The standard InChI is InChI=1S/C27H27N5O4S2/c1-3-36-26(34)23-20-6-4-5-7-21(20)38-25(23)29-22(33)16-37-27-31-30-24(17-12-14-28-15-13-17)32(27)18-8-10-19(35-2)11-9-18/h8-15H,3-7,16H2,1-2H3,(H,29,33). The summed E-state index contributed by atoms with van der Waals surface area (Å²) in [5, 5.41) is 12.9. The van der Waals surface area contributed by atoms with Crippen molar-refractivity contribution < 1.29 is 19.1 Å². The van der Waals surface area contributed by atoms with Crippen LogP contribution in [0.4, 0.5) is 5.00 Å². The predicted octanol–water partition coefficient (Wildman–Crippen LogP) is 5.19. The van der Waals surface area contributed by atoms with E-state index >= 15 is 0 Å². The number of pyridine rings is 1. The zero-order valence-electron chi connectivity index (χ0n) is 21.1. The normalized spacial score (nSPS) is 12.6. The van der Waals surface area contributed by atoms with Crippen LogP contribution in [0.2, 0.25) is 0 Å². The Morgan fingerprint density at radius 1 is 1.08 bits per heavy atom. The number of methoxy groups -OCH3 is 1. The van der Waals surface area contributed by atoms with E-state index in [0.29, 0.717) is 21.5 Å². The molecule has 0 saturated carbocycles. The van der Waals surface area contributed by atoms with Crippen molar-refractivity contribution in [3.05, 3.63) is 64.8 Å². The number of fused-ring (bicyclic) bond motifs is 1. The van der Waals surface area contributed by atoms with Crippen LogP contribution in [0.25, 0.3) is 17.1 Å². The first-order chi connectivity index (χ1) is 18.6. The van der Waals surface area contributed by atoms with Crippen molar-refractivity contribution in [1.82, 2.24) is 19.7 Å². The van der Waals surface area contributed by atoms with Crippen LogP contribution in [0.5, 0.6) is 5.75 Å². The number of thioether (sulfide) groups is 1. The van der Waals surface area contributed by atoms with E-state index in [9.17, 15) is 9.59 Å². The van der Waals surface area contributed by atoms with E-state index < -0.39 is 0 Å². The molecule has 9 nitrogen and oxygen atoms in total. The van der Waals surface area contributed by atoms with Gasteiger partial charge in [0.2, 0.25) is 5.91 Å². The molecule has 1 aromatic carbocycles. The summed E-state index contributed by atoms with van der Waals surface area (Å²) in [6.07, 6.45) is 7.25. The third kappa shape index (κ3) is 5.44. The monoisotopic (exact) mass is 549 g/mol. The number of ether oxygens (including phenoxy) is 2. The van der Waals surface area contributed by atoms with E-state index in [1.807, 2.05) is 41.0 Å². The van der Waals surface area contributed by atoms with Crippen molar-refractivity contribution in [2.75, 3.05) is 24.8 Å². The highest BCUT2D eigenvalue weighted by atomic mass is 32.2. The average Bonchev–Trinajstić information content (AvgIpc) is 3.54. The molecule has 0 aliphatic heterocycles. The smallest absolute Gasteiger partial charge is 0.341 e. The lowest BCUT2D eigenvalue weighted by Crippen LogP contribution is -2.17. The highest BCUT2D eigenvalue weighted by Crippen LogP contribution is 2.39. The summed E-state index contributed by atoms with van der Waals surface area (Å²) in [7, 11) is 1.62. The molecular weight excluding hydrogens is 522 g/mol. The Morgan fingerprint density at radius 2 is 1.84 bits per heavy atom. The molecule has 0 fully saturated rings. The summed E-state index contributed by atoms with van der Waals surface area (Å²) >= 11 is 2.75. The number of aromatic nitrogens is 4. The second-order valence-electron chi connectivity index (χ2n) is 8.55. The van der Waals surface area contributed by atoms with Crippen LogP contribution in [-0.4, -0.2) is 51.1 Å². The maximum atomic E-state index is 13.1. The maximum absolute atomic E-state index is 13.1. The van der Waals surface area contributed by atoms with Crippen LogP contribution < -0.4 is 10.1 Å². The van der Waals surface area contributed by atoms with Gasteiger partial charge >= 0.3 is 5.97 Å². The van der Waals surface area contributed by atoms with Crippen molar-refractivity contribution >= 4 is 40.0 Å². The Labute approximate surface area is 228 Å². The Kier molecular flexibility index (Phi) is 8.04. The number of thiophene rings is 1. The minimum Gasteiger partial charge on any atom is -0.497 e. The number of anilines is 1. The predicted molar refractivity (Wildman–Crippen MR) is 147 cm³/mol. The first-order valence-electron chi connectivity index (χ1n) is 12.3. The molecule has 4 aromatic rings. The first kappa shape index (κ1) is 25.9. The lowest BCUT2D eigenvalue weighted by molar-refractivity contribution is -0.113. The molecule has 0 spiro atoms. The molecular formula is C27H27N5O4S2. The van der Waals surface area contributed by atoms with E-state index in [-0.39, 0.29) is 24.2 Å². The molecule has 1 amide bonds. The van der Waals surface area contributed by atoms with Gasteiger partial charge in [-0.15, -0.1) is 21.5 Å². The van der Waals surface area contributed by atoms with Crippen LogP contribution >= 0.6 is 23.1 Å². The van der Waals surface area contributed by atoms with Gasteiger partial charge in [-0.2, -0.15) is 0 Å². The summed E-state index contributed by atoms with van der Waals surface area (Å²) in [4.78, 5) is 31.1. The van der Waals surface area contributed by atoms with Gasteiger partial charge in [-0.25, -0.2) is 4.79 Å². The number of hydrogen-bond acceptors (Lipinski definition) is 9. The summed E-state index contributed by atoms with van der Waals surface area (Å²) in [6.45, 7) is 2.07. The van der Waals surface area contributed by atoms with Gasteiger partial charge in [0.05, 0.1) is 25.0 Å². The van der Waals surface area contributed by atoms with Gasteiger partial charge in [-0.1, -0.05) is 11.8 Å². The molecule has 0 radical (unpaired) electrons. The van der Waals surface area contributed by atoms with E-state index in [1.165, 1.54) is 23.1 Å². The molecule has 1 N–H and O–H groups in total. The SMILES string of the molecule is CCOC(=O)c1c(NC(=O)CSc2nnc(-c3ccncc3)n2-c2ccc(OC)cc2)sc2c1CCCC2. The molecule has 11 heteroatoms. The van der Waals surface area contributed by atoms with E-state index in [0.717, 1.165) is 53.1 Å². The van der Waals surface area contributed by atoms with Gasteiger partial charge in [0, 0.05) is 28.5 Å². The molecule has 1 aliphatic carbocycles. The minimum atomic E-state index is -0.379. The van der Waals surface area contributed by atoms with Crippen LogP contribution in [0.3, 0.4) is 0 Å². The number of nitrogens with one attached hydrogen (secondary N) is 1. The Bertz CT molecular complexity index is 1430. The van der Waals surface area contributed by atoms with Crippen LogP contribution in [0, 0.1) is 0 Å². The first-order valence-corrected chi connectivity index (χ1v) is 14.1. The van der Waals surface area contributed by atoms with Crippen LogP contribution in [-0.2, 0) is 22.4 Å². The Balaban J connectivity index is 1.39. The summed E-state index contributed by atoms with van der Waals surface area (Å²) in [5.41, 5.74) is 3.21. The van der Waals surface area contributed by atoms with Gasteiger partial charge in [0.25, 0.3) is 0 Å². The molecule has 0 unspecified atom stereocenters. The fraction of sp³-hybridized carbons (Fsp3) is 0.296. The van der Waals surface area contributed by atoms with Gasteiger partial charge in [-0.05, 0) is 74.6 Å². The van der Waals surface area contributed by atoms with E-state index in [1.54, 1.807) is 26.4 Å². The fourth-order valence-electron chi connectivity index (χ4n) is 4.38. The van der Waals surface area contributed by atoms with Crippen molar-refractivity contribution in [3.8, 4) is 22.8 Å². The molecule has 196 valence electrons. The van der Waals surface area contributed by atoms with Crippen LogP contribution in [0.1, 0.15) is 40.6 Å². The van der Waals surface area contributed by atoms with Crippen LogP contribution in [0.15, 0.2) is 53.9 Å². The second-order valence-corrected chi connectivity index (χ2v) is 10.6. The molecule has 1 aliphatic rings. The van der Waals surface area contributed by atoms with Crippen molar-refractivity contribution in [2.24, 2.45) is 0 Å². The molecule has 0 saturated heterocycles. The topological polar surface area (TPSA) is 108 Å². The number of hydrogen-bond donors (Lipinski definition) is 1. The zero-order valence-corrected chi connectivity index (χ0v) is 22.7. The third-order valence-electron chi connectivity index (χ3n) is 6.14. The van der Waals surface area contributed by atoms with E-state index in [4.69, 9.17) is 9.47 Å². The van der Waals surface area contributed by atoms with Gasteiger partial charge in [0.1, 0.15) is 10.8 Å².